The standard InChI is InChI=1S/C12H22O6/c1-2-3-6-9-12(16,17)18-11(15)8-5-4-7-10(13)14/h16-17H,2-9H2,1H3,(H,13,14). The third kappa shape index (κ3) is 10.0. The maximum atomic E-state index is 11.2. The third-order valence-corrected chi connectivity index (χ3v) is 2.40. The summed E-state index contributed by atoms with van der Waals surface area (Å²) in [6.45, 7) is 1.98. The van der Waals surface area contributed by atoms with E-state index in [0.717, 1.165) is 12.8 Å². The zero-order chi connectivity index (χ0) is 14.0. The lowest BCUT2D eigenvalue weighted by atomic mass is 10.2. The molecule has 6 heteroatoms. The minimum Gasteiger partial charge on any atom is -0.481 e. The van der Waals surface area contributed by atoms with Crippen LogP contribution in [0.2, 0.25) is 0 Å². The van der Waals surface area contributed by atoms with Gasteiger partial charge in [-0.15, -0.1) is 0 Å². The average Bonchev–Trinajstić information content (AvgIpc) is 2.23. The Hall–Kier alpha value is -1.14. The van der Waals surface area contributed by atoms with Crippen LogP contribution in [0.25, 0.3) is 0 Å². The first-order valence-corrected chi connectivity index (χ1v) is 6.26. The zero-order valence-corrected chi connectivity index (χ0v) is 10.7. The second-order valence-corrected chi connectivity index (χ2v) is 4.28. The van der Waals surface area contributed by atoms with Gasteiger partial charge in [0.05, 0.1) is 0 Å². The van der Waals surface area contributed by atoms with Crippen molar-refractivity contribution in [2.75, 3.05) is 0 Å². The highest BCUT2D eigenvalue weighted by atomic mass is 16.8. The summed E-state index contributed by atoms with van der Waals surface area (Å²) in [6.07, 6.45) is 3.02. The van der Waals surface area contributed by atoms with E-state index in [2.05, 4.69) is 4.74 Å². The molecular formula is C12H22O6. The average molecular weight is 262 g/mol. The number of hydrogen-bond acceptors (Lipinski definition) is 5. The highest BCUT2D eigenvalue weighted by molar-refractivity contribution is 5.70. The van der Waals surface area contributed by atoms with Crippen LogP contribution in [0.4, 0.5) is 0 Å². The first-order chi connectivity index (χ1) is 8.37. The quantitative estimate of drug-likeness (QED) is 0.312. The van der Waals surface area contributed by atoms with Gasteiger partial charge in [-0.1, -0.05) is 19.8 Å². The highest BCUT2D eigenvalue weighted by Gasteiger charge is 2.27. The number of carboxylic acids is 1. The van der Waals surface area contributed by atoms with E-state index in [-0.39, 0.29) is 19.3 Å². The van der Waals surface area contributed by atoms with Crippen LogP contribution in [0.1, 0.15) is 58.3 Å². The van der Waals surface area contributed by atoms with Crippen LogP contribution in [0, 0.1) is 0 Å². The molecule has 0 saturated carbocycles. The largest absolute Gasteiger partial charge is 0.481 e. The minimum atomic E-state index is -2.40. The SMILES string of the molecule is CCCCCC(O)(O)OC(=O)CCCCC(=O)O. The molecule has 0 aliphatic rings. The topological polar surface area (TPSA) is 104 Å². The predicted molar refractivity (Wildman–Crippen MR) is 63.5 cm³/mol. The molecule has 0 heterocycles. The molecule has 6 nitrogen and oxygen atoms in total. The van der Waals surface area contributed by atoms with Gasteiger partial charge < -0.3 is 20.1 Å². The van der Waals surface area contributed by atoms with Gasteiger partial charge in [0.2, 0.25) is 0 Å². The van der Waals surface area contributed by atoms with E-state index in [0.29, 0.717) is 19.3 Å². The number of carbonyl (C=O) groups is 2. The molecule has 0 amide bonds. The van der Waals surface area contributed by atoms with Gasteiger partial charge in [-0.2, -0.15) is 0 Å². The molecule has 0 aromatic rings. The number of aliphatic hydroxyl groups is 2. The summed E-state index contributed by atoms with van der Waals surface area (Å²) in [4.78, 5) is 21.5. The molecule has 0 fully saturated rings. The predicted octanol–water partition coefficient (Wildman–Crippen LogP) is 1.39. The van der Waals surface area contributed by atoms with Gasteiger partial charge in [-0.05, 0) is 19.3 Å². The number of unbranched alkanes of at least 4 members (excludes halogenated alkanes) is 3. The summed E-state index contributed by atoms with van der Waals surface area (Å²) < 4.78 is 4.52. The molecule has 0 aromatic carbocycles. The van der Waals surface area contributed by atoms with E-state index >= 15 is 0 Å². The number of carbonyl (C=O) groups excluding carboxylic acids is 1. The van der Waals surface area contributed by atoms with Gasteiger partial charge in [0.1, 0.15) is 0 Å². The Morgan fingerprint density at radius 2 is 1.67 bits per heavy atom. The van der Waals surface area contributed by atoms with Crippen LogP contribution in [-0.4, -0.2) is 33.2 Å². The second-order valence-electron chi connectivity index (χ2n) is 4.28. The van der Waals surface area contributed by atoms with Crippen LogP contribution >= 0.6 is 0 Å². The summed E-state index contributed by atoms with van der Waals surface area (Å²) in [6, 6.07) is 0. The molecule has 0 spiro atoms. The Morgan fingerprint density at radius 1 is 1.06 bits per heavy atom. The fourth-order valence-electron chi connectivity index (χ4n) is 1.44. The van der Waals surface area contributed by atoms with Gasteiger partial charge in [-0.3, -0.25) is 9.59 Å². The molecule has 0 atom stereocenters. The monoisotopic (exact) mass is 262 g/mol. The Morgan fingerprint density at radius 3 is 2.22 bits per heavy atom. The van der Waals surface area contributed by atoms with E-state index in [1.165, 1.54) is 0 Å². The molecule has 0 rings (SSSR count). The molecular weight excluding hydrogens is 240 g/mol. The number of aliphatic carboxylic acids is 1. The Balaban J connectivity index is 3.74. The lowest BCUT2D eigenvalue weighted by Crippen LogP contribution is -2.34. The van der Waals surface area contributed by atoms with E-state index in [9.17, 15) is 19.8 Å². The number of ether oxygens (including phenoxy) is 1. The smallest absolute Gasteiger partial charge is 0.324 e. The van der Waals surface area contributed by atoms with Gasteiger partial charge in [-0.25, -0.2) is 0 Å². The molecule has 0 bridgehead atoms. The first-order valence-electron chi connectivity index (χ1n) is 6.26. The first kappa shape index (κ1) is 16.9. The fourth-order valence-corrected chi connectivity index (χ4v) is 1.44. The number of esters is 1. The molecule has 0 aliphatic carbocycles. The number of rotatable bonds is 10. The van der Waals surface area contributed by atoms with Crippen molar-refractivity contribution >= 4 is 11.9 Å². The fraction of sp³-hybridized carbons (Fsp3) is 0.833. The third-order valence-electron chi connectivity index (χ3n) is 2.40. The Kier molecular flexibility index (Phi) is 8.32. The van der Waals surface area contributed by atoms with Gasteiger partial charge >= 0.3 is 17.9 Å². The van der Waals surface area contributed by atoms with Crippen molar-refractivity contribution in [3.05, 3.63) is 0 Å². The van der Waals surface area contributed by atoms with Crippen molar-refractivity contribution in [2.45, 2.75) is 64.3 Å². The van der Waals surface area contributed by atoms with E-state index in [1.54, 1.807) is 0 Å². The van der Waals surface area contributed by atoms with Crippen molar-refractivity contribution in [3.63, 3.8) is 0 Å². The second kappa shape index (κ2) is 8.88. The maximum absolute atomic E-state index is 11.2. The number of carboxylic acid groups (broad SMARTS) is 1. The molecule has 3 N–H and O–H groups in total. The van der Waals surface area contributed by atoms with Crippen molar-refractivity contribution in [1.29, 1.82) is 0 Å². The van der Waals surface area contributed by atoms with Gasteiger partial charge in [0.15, 0.2) is 0 Å². The summed E-state index contributed by atoms with van der Waals surface area (Å²) in [7, 11) is 0. The van der Waals surface area contributed by atoms with Crippen molar-refractivity contribution in [3.8, 4) is 0 Å². The van der Waals surface area contributed by atoms with Crippen LogP contribution in [0.5, 0.6) is 0 Å². The molecule has 18 heavy (non-hydrogen) atoms. The van der Waals surface area contributed by atoms with Crippen molar-refractivity contribution < 1.29 is 29.6 Å². The zero-order valence-electron chi connectivity index (χ0n) is 10.7. The number of hydrogen-bond donors (Lipinski definition) is 3. The molecule has 0 saturated heterocycles. The lowest BCUT2D eigenvalue weighted by Gasteiger charge is -2.21. The Labute approximate surface area is 107 Å². The maximum Gasteiger partial charge on any atom is 0.324 e. The van der Waals surface area contributed by atoms with E-state index in [4.69, 9.17) is 5.11 Å². The van der Waals surface area contributed by atoms with E-state index < -0.39 is 17.9 Å². The van der Waals surface area contributed by atoms with Crippen LogP contribution < -0.4 is 0 Å². The highest BCUT2D eigenvalue weighted by Crippen LogP contribution is 2.15. The van der Waals surface area contributed by atoms with Gasteiger partial charge in [0.25, 0.3) is 0 Å². The summed E-state index contributed by atoms with van der Waals surface area (Å²) in [5, 5.41) is 27.1. The molecule has 106 valence electrons. The van der Waals surface area contributed by atoms with Crippen molar-refractivity contribution in [1.82, 2.24) is 0 Å². The molecule has 0 aliphatic heterocycles. The van der Waals surface area contributed by atoms with Crippen LogP contribution in [0.3, 0.4) is 0 Å². The lowest BCUT2D eigenvalue weighted by molar-refractivity contribution is -0.322. The minimum absolute atomic E-state index is 0.00677. The summed E-state index contributed by atoms with van der Waals surface area (Å²) in [5.74, 6) is -4.04. The Bertz CT molecular complexity index is 261. The van der Waals surface area contributed by atoms with Crippen LogP contribution in [0.15, 0.2) is 0 Å². The normalized spacial score (nSPS) is 11.3. The van der Waals surface area contributed by atoms with Crippen LogP contribution in [-0.2, 0) is 14.3 Å². The molecule has 0 aromatic heterocycles. The van der Waals surface area contributed by atoms with E-state index in [1.807, 2.05) is 6.92 Å². The summed E-state index contributed by atoms with van der Waals surface area (Å²) in [5.41, 5.74) is 0. The molecule has 0 radical (unpaired) electrons. The van der Waals surface area contributed by atoms with Gasteiger partial charge in [0, 0.05) is 19.3 Å². The molecule has 0 unspecified atom stereocenters. The van der Waals surface area contributed by atoms with Crippen molar-refractivity contribution in [2.24, 2.45) is 0 Å². The summed E-state index contributed by atoms with van der Waals surface area (Å²) >= 11 is 0.